The van der Waals surface area contributed by atoms with E-state index in [2.05, 4.69) is 10.6 Å². The lowest BCUT2D eigenvalue weighted by atomic mass is 10.1. The van der Waals surface area contributed by atoms with E-state index in [1.165, 1.54) is 36.4 Å². The van der Waals surface area contributed by atoms with Crippen molar-refractivity contribution in [2.24, 2.45) is 0 Å². The third-order valence-corrected chi connectivity index (χ3v) is 4.90. The van der Waals surface area contributed by atoms with Gasteiger partial charge in [0.15, 0.2) is 23.0 Å². The second-order valence-electron chi connectivity index (χ2n) is 7.39. The Balaban J connectivity index is 1.46. The summed E-state index contributed by atoms with van der Waals surface area (Å²) in [6.07, 6.45) is 6.95. The quantitative estimate of drug-likeness (QED) is 0.225. The van der Waals surface area contributed by atoms with Crippen LogP contribution in [0.5, 0.6) is 23.0 Å². The van der Waals surface area contributed by atoms with E-state index < -0.39 is 0 Å². The van der Waals surface area contributed by atoms with Crippen molar-refractivity contribution in [2.45, 2.75) is 44.9 Å². The van der Waals surface area contributed by atoms with Gasteiger partial charge in [-0.3, -0.25) is 9.59 Å². The van der Waals surface area contributed by atoms with Crippen molar-refractivity contribution >= 4 is 11.8 Å². The van der Waals surface area contributed by atoms with Gasteiger partial charge in [-0.15, -0.1) is 0 Å². The smallest absolute Gasteiger partial charge is 0.251 e. The molecule has 168 valence electrons. The van der Waals surface area contributed by atoms with E-state index in [1.807, 2.05) is 0 Å². The molecule has 0 aliphatic carbocycles. The summed E-state index contributed by atoms with van der Waals surface area (Å²) >= 11 is 0. The van der Waals surface area contributed by atoms with Crippen LogP contribution in [-0.4, -0.2) is 45.3 Å². The summed E-state index contributed by atoms with van der Waals surface area (Å²) in [4.78, 5) is 23.9. The second kappa shape index (κ2) is 12.3. The summed E-state index contributed by atoms with van der Waals surface area (Å²) in [7, 11) is 0. The molecule has 0 fully saturated rings. The third kappa shape index (κ3) is 8.08. The number of hydrogen-bond donors (Lipinski definition) is 6. The van der Waals surface area contributed by atoms with Crippen LogP contribution in [0.15, 0.2) is 36.4 Å². The molecule has 2 rings (SSSR count). The molecule has 2 amide bonds. The molecule has 0 atom stereocenters. The van der Waals surface area contributed by atoms with Crippen LogP contribution in [0.1, 0.15) is 65.7 Å². The summed E-state index contributed by atoms with van der Waals surface area (Å²) < 4.78 is 0. The van der Waals surface area contributed by atoms with Gasteiger partial charge in [0.2, 0.25) is 0 Å². The van der Waals surface area contributed by atoms with Gasteiger partial charge >= 0.3 is 0 Å². The number of rotatable bonds is 12. The molecule has 2 aromatic carbocycles. The van der Waals surface area contributed by atoms with E-state index in [-0.39, 0.29) is 34.8 Å². The highest BCUT2D eigenvalue weighted by atomic mass is 16.3. The summed E-state index contributed by atoms with van der Waals surface area (Å²) in [5.41, 5.74) is 0.620. The molecule has 0 radical (unpaired) electrons. The predicted molar refractivity (Wildman–Crippen MR) is 117 cm³/mol. The van der Waals surface area contributed by atoms with Crippen LogP contribution in [0.25, 0.3) is 0 Å². The van der Waals surface area contributed by atoms with Crippen LogP contribution in [0, 0.1) is 0 Å². The SMILES string of the molecule is O=C(NCCCCCCCCCNC(=O)c1ccc(O)c(O)c1)c1ccc(O)c(O)c1. The van der Waals surface area contributed by atoms with Gasteiger partial charge in [0.25, 0.3) is 11.8 Å². The Morgan fingerprint density at radius 1 is 0.548 bits per heavy atom. The Labute approximate surface area is 181 Å². The van der Waals surface area contributed by atoms with Crippen molar-refractivity contribution in [1.29, 1.82) is 0 Å². The highest BCUT2D eigenvalue weighted by Gasteiger charge is 2.09. The normalized spacial score (nSPS) is 10.6. The van der Waals surface area contributed by atoms with Crippen molar-refractivity contribution in [1.82, 2.24) is 10.6 Å². The van der Waals surface area contributed by atoms with Gasteiger partial charge in [-0.05, 0) is 49.2 Å². The van der Waals surface area contributed by atoms with E-state index in [0.717, 1.165) is 44.9 Å². The number of hydrogen-bond acceptors (Lipinski definition) is 6. The zero-order chi connectivity index (χ0) is 22.6. The Kier molecular flexibility index (Phi) is 9.48. The summed E-state index contributed by atoms with van der Waals surface area (Å²) in [6.45, 7) is 1.11. The fourth-order valence-corrected chi connectivity index (χ4v) is 3.07. The first-order valence-electron chi connectivity index (χ1n) is 10.5. The van der Waals surface area contributed by atoms with Crippen LogP contribution in [-0.2, 0) is 0 Å². The van der Waals surface area contributed by atoms with Crippen LogP contribution in [0.4, 0.5) is 0 Å². The van der Waals surface area contributed by atoms with Crippen molar-refractivity contribution in [3.8, 4) is 23.0 Å². The standard InChI is InChI=1S/C23H30N2O6/c26-18-10-8-16(14-20(18)28)22(30)24-12-6-4-2-1-3-5-7-13-25-23(31)17-9-11-19(27)21(29)15-17/h8-11,14-15,26-29H,1-7,12-13H2,(H,24,30)(H,25,31). The van der Waals surface area contributed by atoms with E-state index in [4.69, 9.17) is 0 Å². The van der Waals surface area contributed by atoms with Gasteiger partial charge in [0.05, 0.1) is 0 Å². The zero-order valence-corrected chi connectivity index (χ0v) is 17.4. The Bertz CT molecular complexity index is 813. The fourth-order valence-electron chi connectivity index (χ4n) is 3.07. The van der Waals surface area contributed by atoms with Crippen molar-refractivity contribution in [3.63, 3.8) is 0 Å². The van der Waals surface area contributed by atoms with E-state index in [1.54, 1.807) is 0 Å². The Hall–Kier alpha value is -3.42. The molecule has 0 spiro atoms. The van der Waals surface area contributed by atoms with E-state index in [9.17, 15) is 30.0 Å². The van der Waals surface area contributed by atoms with Crippen molar-refractivity contribution in [3.05, 3.63) is 47.5 Å². The highest BCUT2D eigenvalue weighted by molar-refractivity contribution is 5.95. The first-order valence-corrected chi connectivity index (χ1v) is 10.5. The molecule has 0 aliphatic rings. The molecular formula is C23H30N2O6. The average molecular weight is 431 g/mol. The maximum atomic E-state index is 12.0. The van der Waals surface area contributed by atoms with Crippen LogP contribution in [0.3, 0.4) is 0 Å². The zero-order valence-electron chi connectivity index (χ0n) is 17.4. The number of phenols is 4. The van der Waals surface area contributed by atoms with Crippen LogP contribution in [0.2, 0.25) is 0 Å². The number of unbranched alkanes of at least 4 members (excludes halogenated alkanes) is 6. The molecule has 0 aliphatic heterocycles. The number of carbonyl (C=O) groups excluding carboxylic acids is 2. The number of nitrogens with one attached hydrogen (secondary N) is 2. The lowest BCUT2D eigenvalue weighted by Gasteiger charge is -2.07. The summed E-state index contributed by atoms with van der Waals surface area (Å²) in [6, 6.07) is 7.97. The molecule has 8 nitrogen and oxygen atoms in total. The number of carbonyl (C=O) groups is 2. The van der Waals surface area contributed by atoms with Crippen molar-refractivity contribution < 1.29 is 30.0 Å². The predicted octanol–water partition coefficient (Wildman–Crippen LogP) is 3.40. The first-order chi connectivity index (χ1) is 14.9. The third-order valence-electron chi connectivity index (χ3n) is 4.90. The van der Waals surface area contributed by atoms with Gasteiger partial charge in [-0.1, -0.05) is 32.1 Å². The molecule has 6 N–H and O–H groups in total. The van der Waals surface area contributed by atoms with Gasteiger partial charge in [-0.2, -0.15) is 0 Å². The average Bonchev–Trinajstić information content (AvgIpc) is 2.75. The molecule has 31 heavy (non-hydrogen) atoms. The second-order valence-corrected chi connectivity index (χ2v) is 7.39. The molecular weight excluding hydrogens is 400 g/mol. The Morgan fingerprint density at radius 2 is 0.903 bits per heavy atom. The maximum absolute atomic E-state index is 12.0. The van der Waals surface area contributed by atoms with E-state index in [0.29, 0.717) is 24.2 Å². The lowest BCUT2D eigenvalue weighted by molar-refractivity contribution is 0.0944. The Morgan fingerprint density at radius 3 is 1.26 bits per heavy atom. The molecule has 2 aromatic rings. The fraction of sp³-hybridized carbons (Fsp3) is 0.391. The topological polar surface area (TPSA) is 139 Å². The van der Waals surface area contributed by atoms with Gasteiger partial charge in [-0.25, -0.2) is 0 Å². The largest absolute Gasteiger partial charge is 0.504 e. The minimum absolute atomic E-state index is 0.253. The van der Waals surface area contributed by atoms with Crippen LogP contribution < -0.4 is 10.6 Å². The number of benzene rings is 2. The summed E-state index contributed by atoms with van der Waals surface area (Å²) in [5.74, 6) is -1.69. The number of amides is 2. The molecule has 0 saturated carbocycles. The minimum Gasteiger partial charge on any atom is -0.504 e. The highest BCUT2D eigenvalue weighted by Crippen LogP contribution is 2.25. The minimum atomic E-state index is -0.313. The first kappa shape index (κ1) is 23.9. The molecule has 0 heterocycles. The summed E-state index contributed by atoms with van der Waals surface area (Å²) in [5, 5.41) is 43.0. The number of aromatic hydroxyl groups is 4. The molecule has 0 aromatic heterocycles. The van der Waals surface area contributed by atoms with Gasteiger partial charge in [0, 0.05) is 24.2 Å². The van der Waals surface area contributed by atoms with E-state index >= 15 is 0 Å². The molecule has 0 bridgehead atoms. The molecule has 0 unspecified atom stereocenters. The lowest BCUT2D eigenvalue weighted by Crippen LogP contribution is -2.24. The van der Waals surface area contributed by atoms with Gasteiger partial charge in [0.1, 0.15) is 0 Å². The molecule has 0 saturated heterocycles. The molecule has 8 heteroatoms. The van der Waals surface area contributed by atoms with Crippen LogP contribution >= 0.6 is 0 Å². The maximum Gasteiger partial charge on any atom is 0.251 e. The van der Waals surface area contributed by atoms with Crippen molar-refractivity contribution in [2.75, 3.05) is 13.1 Å². The monoisotopic (exact) mass is 430 g/mol. The van der Waals surface area contributed by atoms with Gasteiger partial charge < -0.3 is 31.1 Å². The number of phenolic OH excluding ortho intramolecular Hbond substituents is 4.